The summed E-state index contributed by atoms with van der Waals surface area (Å²) in [5, 5.41) is 15.9. The summed E-state index contributed by atoms with van der Waals surface area (Å²) < 4.78 is 26.3. The monoisotopic (exact) mass is 665 g/mol. The maximum absolute atomic E-state index is 13.8. The molecule has 0 radical (unpaired) electrons. The van der Waals surface area contributed by atoms with Gasteiger partial charge in [0.15, 0.2) is 0 Å². The molecule has 5 N–H and O–H groups in total. The second kappa shape index (κ2) is 18.3. The fourth-order valence-corrected chi connectivity index (χ4v) is 6.29. The Morgan fingerprint density at radius 2 is 1.38 bits per heavy atom. The third kappa shape index (κ3) is 11.3. The molecule has 254 valence electrons. The summed E-state index contributed by atoms with van der Waals surface area (Å²) in [5.74, 6) is -1.72. The zero-order valence-electron chi connectivity index (χ0n) is 27.4. The van der Waals surface area contributed by atoms with Crippen LogP contribution in [0.5, 0.6) is 0 Å². The minimum Gasteiger partial charge on any atom is -0.390 e. The van der Waals surface area contributed by atoms with Crippen LogP contribution in [-0.2, 0) is 16.4 Å². The highest BCUT2D eigenvalue weighted by molar-refractivity contribution is 7.89. The lowest BCUT2D eigenvalue weighted by Crippen LogP contribution is -2.53. The van der Waals surface area contributed by atoms with Gasteiger partial charge in [-0.15, -0.1) is 4.83 Å². The molecule has 0 aliphatic carbocycles. The number of benzene rings is 3. The van der Waals surface area contributed by atoms with Crippen LogP contribution in [0.3, 0.4) is 0 Å². The van der Waals surface area contributed by atoms with E-state index in [0.717, 1.165) is 24.8 Å². The van der Waals surface area contributed by atoms with Gasteiger partial charge in [-0.2, -0.15) is 0 Å². The van der Waals surface area contributed by atoms with Gasteiger partial charge in [0.25, 0.3) is 21.8 Å². The average molecular weight is 666 g/mol. The third-order valence-electron chi connectivity index (χ3n) is 7.57. The van der Waals surface area contributed by atoms with Crippen molar-refractivity contribution in [2.75, 3.05) is 26.2 Å². The first-order valence-electron chi connectivity index (χ1n) is 16.1. The Hall–Kier alpha value is -4.10. The Morgan fingerprint density at radius 3 is 1.96 bits per heavy atom. The number of nitrogens with one attached hydrogen (secondary N) is 2. The molecule has 12 heteroatoms. The smallest absolute Gasteiger partial charge is 0.253 e. The summed E-state index contributed by atoms with van der Waals surface area (Å²) >= 11 is 0. The van der Waals surface area contributed by atoms with Crippen LogP contribution in [-0.4, -0.2) is 79.5 Å². The summed E-state index contributed by atoms with van der Waals surface area (Å²) in [7, 11) is -3.93. The number of hydrogen-bond donors (Lipinski definition) is 4. The zero-order chi connectivity index (χ0) is 34.4. The molecule has 0 aliphatic rings. The highest BCUT2D eigenvalue weighted by Gasteiger charge is 2.28. The number of unbranched alkanes of at least 4 members (excludes halogenated alkanes) is 1. The van der Waals surface area contributed by atoms with E-state index in [4.69, 9.17) is 5.73 Å². The maximum atomic E-state index is 13.8. The number of carbonyl (C=O) groups is 3. The van der Waals surface area contributed by atoms with Crippen molar-refractivity contribution in [3.8, 4) is 0 Å². The summed E-state index contributed by atoms with van der Waals surface area (Å²) in [6, 6.07) is 20.5. The molecule has 0 fully saturated rings. The third-order valence-corrected chi connectivity index (χ3v) is 8.96. The first-order valence-corrected chi connectivity index (χ1v) is 17.6. The molecule has 0 aliphatic heterocycles. The van der Waals surface area contributed by atoms with Gasteiger partial charge in [0.2, 0.25) is 5.91 Å². The van der Waals surface area contributed by atoms with Gasteiger partial charge in [-0.1, -0.05) is 75.7 Å². The Balaban J connectivity index is 1.93. The summed E-state index contributed by atoms with van der Waals surface area (Å²) in [5.41, 5.74) is 6.63. The second-order valence-corrected chi connectivity index (χ2v) is 13.2. The number of aliphatic hydroxyl groups is 1. The lowest BCUT2D eigenvalue weighted by Gasteiger charge is -2.30. The first kappa shape index (κ1) is 37.4. The van der Waals surface area contributed by atoms with Gasteiger partial charge in [0.05, 0.1) is 17.0 Å². The highest BCUT2D eigenvalue weighted by Crippen LogP contribution is 2.16. The molecule has 0 spiro atoms. The average Bonchev–Trinajstić information content (AvgIpc) is 3.06. The van der Waals surface area contributed by atoms with Crippen molar-refractivity contribution >= 4 is 27.7 Å². The van der Waals surface area contributed by atoms with Crippen LogP contribution in [0.4, 0.5) is 0 Å². The van der Waals surface area contributed by atoms with E-state index >= 15 is 0 Å². The van der Waals surface area contributed by atoms with Crippen molar-refractivity contribution in [1.29, 1.82) is 0 Å². The van der Waals surface area contributed by atoms with Crippen LogP contribution in [0, 0.1) is 0 Å². The lowest BCUT2D eigenvalue weighted by molar-refractivity contribution is 0.0614. The van der Waals surface area contributed by atoms with E-state index in [2.05, 4.69) is 10.1 Å². The first-order chi connectivity index (χ1) is 22.5. The van der Waals surface area contributed by atoms with Gasteiger partial charge >= 0.3 is 0 Å². The number of nitrogens with two attached hydrogens (primary N) is 1. The van der Waals surface area contributed by atoms with Gasteiger partial charge in [-0.3, -0.25) is 14.4 Å². The number of hydrazine groups is 1. The SMILES string of the molecule is CCCCN(CC(O)C(Cc1ccccc1)NC(=O)c1cc(C(N)=O)cc(C(=O)N(CCC)CCC)c1)NS(=O)(=O)c1ccccc1. The van der Waals surface area contributed by atoms with Crippen LogP contribution in [0.1, 0.15) is 83.1 Å². The van der Waals surface area contributed by atoms with Crippen LogP contribution in [0.15, 0.2) is 83.8 Å². The van der Waals surface area contributed by atoms with Crippen molar-refractivity contribution in [3.05, 3.63) is 101 Å². The van der Waals surface area contributed by atoms with Gasteiger partial charge in [-0.25, -0.2) is 13.4 Å². The molecule has 0 saturated heterocycles. The van der Waals surface area contributed by atoms with Gasteiger partial charge in [0.1, 0.15) is 0 Å². The Morgan fingerprint density at radius 1 is 0.809 bits per heavy atom. The van der Waals surface area contributed by atoms with Crippen LogP contribution in [0.25, 0.3) is 0 Å². The van der Waals surface area contributed by atoms with E-state index < -0.39 is 34.0 Å². The van der Waals surface area contributed by atoms with Gasteiger partial charge < -0.3 is 21.1 Å². The number of sulfonamides is 1. The predicted octanol–water partition coefficient (Wildman–Crippen LogP) is 3.75. The fourth-order valence-electron chi connectivity index (χ4n) is 5.16. The molecule has 0 saturated carbocycles. The molecule has 0 aromatic heterocycles. The number of aliphatic hydroxyl groups excluding tert-OH is 1. The van der Waals surface area contributed by atoms with E-state index in [1.54, 1.807) is 23.1 Å². The molecule has 47 heavy (non-hydrogen) atoms. The largest absolute Gasteiger partial charge is 0.390 e. The minimum atomic E-state index is -3.93. The summed E-state index contributed by atoms with van der Waals surface area (Å²) in [4.78, 5) is 43.8. The predicted molar refractivity (Wildman–Crippen MR) is 182 cm³/mol. The number of primary amides is 1. The van der Waals surface area contributed by atoms with Crippen LogP contribution < -0.4 is 15.9 Å². The summed E-state index contributed by atoms with van der Waals surface area (Å²) in [6.45, 7) is 7.13. The molecule has 2 atom stereocenters. The second-order valence-electron chi connectivity index (χ2n) is 11.5. The van der Waals surface area contributed by atoms with Gasteiger partial charge in [0, 0.05) is 42.9 Å². The highest BCUT2D eigenvalue weighted by atomic mass is 32.2. The lowest BCUT2D eigenvalue weighted by atomic mass is 9.99. The standard InChI is InChI=1S/C35H47N5O6S/c1-4-7-20-40(38-47(45,46)30-16-12-9-13-17-30)25-32(41)31(21-26-14-10-8-11-15-26)37-34(43)28-22-27(33(36)42)23-29(24-28)35(44)39(18-5-2)19-6-3/h8-17,22-24,31-32,38,41H,4-7,18-21,25H2,1-3H3,(H2,36,42)(H,37,43). The zero-order valence-corrected chi connectivity index (χ0v) is 28.2. The van der Waals surface area contributed by atoms with Crippen molar-refractivity contribution in [1.82, 2.24) is 20.1 Å². The number of nitrogens with zero attached hydrogens (tertiary/aromatic N) is 2. The summed E-state index contributed by atoms with van der Waals surface area (Å²) in [6.07, 6.45) is 1.93. The Bertz CT molecular complexity index is 1560. The fraction of sp³-hybridized carbons (Fsp3) is 0.400. The molecule has 3 amide bonds. The number of carbonyl (C=O) groups excluding carboxylic acids is 3. The maximum Gasteiger partial charge on any atom is 0.253 e. The van der Waals surface area contributed by atoms with E-state index in [1.807, 2.05) is 51.1 Å². The molecule has 2 unspecified atom stereocenters. The van der Waals surface area contributed by atoms with Crippen LogP contribution in [0.2, 0.25) is 0 Å². The molecular formula is C35H47N5O6S. The number of hydrogen-bond acceptors (Lipinski definition) is 7. The van der Waals surface area contributed by atoms with E-state index in [0.29, 0.717) is 26.1 Å². The quantitative estimate of drug-likeness (QED) is 0.142. The van der Waals surface area contributed by atoms with Crippen molar-refractivity contribution < 1.29 is 27.9 Å². The molecule has 0 bridgehead atoms. The van der Waals surface area contributed by atoms with Gasteiger partial charge in [-0.05, 0) is 61.6 Å². The van der Waals surface area contributed by atoms with E-state index in [9.17, 15) is 27.9 Å². The van der Waals surface area contributed by atoms with Crippen molar-refractivity contribution in [2.24, 2.45) is 5.73 Å². The van der Waals surface area contributed by atoms with Crippen LogP contribution >= 0.6 is 0 Å². The molecule has 11 nitrogen and oxygen atoms in total. The van der Waals surface area contributed by atoms with E-state index in [1.165, 1.54) is 35.3 Å². The Labute approximate surface area is 278 Å². The molecular weight excluding hydrogens is 618 g/mol. The normalized spacial score (nSPS) is 12.8. The minimum absolute atomic E-state index is 0.00941. The molecule has 3 rings (SSSR count). The van der Waals surface area contributed by atoms with E-state index in [-0.39, 0.29) is 40.5 Å². The topological polar surface area (TPSA) is 162 Å². The van der Waals surface area contributed by atoms with Crippen molar-refractivity contribution in [3.63, 3.8) is 0 Å². The van der Waals surface area contributed by atoms with Crippen molar-refractivity contribution in [2.45, 2.75) is 69.9 Å². The Kier molecular flexibility index (Phi) is 14.5. The molecule has 3 aromatic carbocycles. The number of rotatable bonds is 19. The molecule has 3 aromatic rings. The number of amides is 3. The molecule has 0 heterocycles.